The van der Waals surface area contributed by atoms with Gasteiger partial charge in [-0.1, -0.05) is 32.8 Å². The monoisotopic (exact) mass is 454 g/mol. The first kappa shape index (κ1) is 21.9. The van der Waals surface area contributed by atoms with E-state index in [0.29, 0.717) is 0 Å². The van der Waals surface area contributed by atoms with Gasteiger partial charge in [-0.15, -0.1) is 0 Å². The van der Waals surface area contributed by atoms with Crippen LogP contribution in [0.25, 0.3) is 0 Å². The molecule has 24 heavy (non-hydrogen) atoms. The third-order valence-corrected chi connectivity index (χ3v) is 4.96. The van der Waals surface area contributed by atoms with Gasteiger partial charge in [-0.3, -0.25) is 0 Å². The molecular formula is C18H31IO5. The predicted octanol–water partition coefficient (Wildman–Crippen LogP) is 4.23. The number of allylic oxidation sites excluding steroid dienone is 2. The maximum absolute atomic E-state index is 10.5. The molecule has 0 aliphatic heterocycles. The molecule has 0 aromatic carbocycles. The zero-order chi connectivity index (χ0) is 17.9. The van der Waals surface area contributed by atoms with Crippen LogP contribution in [0.3, 0.4) is 0 Å². The summed E-state index contributed by atoms with van der Waals surface area (Å²) >= 11 is 1.88. The molecule has 0 aromatic rings. The van der Waals surface area contributed by atoms with Crippen molar-refractivity contribution in [2.45, 2.75) is 83.6 Å². The summed E-state index contributed by atoms with van der Waals surface area (Å²) in [4.78, 5) is 0. The lowest BCUT2D eigenvalue weighted by molar-refractivity contribution is -0.215. The first-order valence-electron chi connectivity index (χ1n) is 8.79. The highest BCUT2D eigenvalue weighted by atomic mass is 127. The fourth-order valence-electron chi connectivity index (χ4n) is 2.82. The van der Waals surface area contributed by atoms with E-state index in [0.717, 1.165) is 50.7 Å². The molecule has 0 saturated heterocycles. The third-order valence-electron chi connectivity index (χ3n) is 4.40. The van der Waals surface area contributed by atoms with E-state index >= 15 is 0 Å². The molecule has 0 aromatic heterocycles. The van der Waals surface area contributed by atoms with E-state index in [1.165, 1.54) is 6.08 Å². The van der Waals surface area contributed by atoms with E-state index < -0.39 is 12.6 Å². The van der Waals surface area contributed by atoms with Gasteiger partial charge in [0, 0.05) is 12.3 Å². The van der Waals surface area contributed by atoms with Gasteiger partial charge < -0.3 is 22.8 Å². The molecule has 1 rings (SSSR count). The smallest absolute Gasteiger partial charge is 0.192 e. The van der Waals surface area contributed by atoms with Gasteiger partial charge in [0.05, 0.1) is 12.2 Å². The topological polar surface area (TPSA) is 68.2 Å². The number of hydrogen-bond donors (Lipinski definition) is 2. The van der Waals surface area contributed by atoms with Gasteiger partial charge in [0.25, 0.3) is 0 Å². The zero-order valence-electron chi connectivity index (χ0n) is 14.7. The molecule has 0 saturated carbocycles. The summed E-state index contributed by atoms with van der Waals surface area (Å²) in [5.74, 6) is 1.02. The van der Waals surface area contributed by atoms with Gasteiger partial charge in [-0.25, -0.2) is 0 Å². The van der Waals surface area contributed by atoms with E-state index in [4.69, 9.17) is 12.5 Å². The van der Waals surface area contributed by atoms with E-state index in [1.54, 1.807) is 0 Å². The average molecular weight is 454 g/mol. The number of unbranched alkanes of at least 4 members (excludes halogenated alkanes) is 2. The Balaban J connectivity index is 2.58. The maximum atomic E-state index is 10.5. The van der Waals surface area contributed by atoms with Crippen molar-refractivity contribution in [3.8, 4) is 0 Å². The summed E-state index contributed by atoms with van der Waals surface area (Å²) in [5.41, 5.74) is 0. The molecule has 5 nitrogen and oxygen atoms in total. The van der Waals surface area contributed by atoms with Crippen molar-refractivity contribution < 1.29 is 22.8 Å². The summed E-state index contributed by atoms with van der Waals surface area (Å²) in [6.45, 7) is 7.52. The Morgan fingerprint density at radius 2 is 2.12 bits per heavy atom. The van der Waals surface area contributed by atoms with Crippen LogP contribution in [0.5, 0.6) is 0 Å². The van der Waals surface area contributed by atoms with Crippen molar-refractivity contribution in [1.29, 1.82) is 0 Å². The average Bonchev–Trinajstić information content (AvgIpc) is 2.60. The van der Waals surface area contributed by atoms with Crippen LogP contribution in [0.2, 0.25) is 0 Å². The van der Waals surface area contributed by atoms with Crippen LogP contribution in [-0.2, 0) is 12.5 Å². The molecule has 140 valence electrons. The quantitative estimate of drug-likeness (QED) is 0.200. The molecule has 0 fully saturated rings. The second-order valence-corrected chi connectivity index (χ2v) is 6.75. The largest absolute Gasteiger partial charge is 0.433 e. The van der Waals surface area contributed by atoms with Crippen molar-refractivity contribution in [1.82, 2.24) is 0 Å². The lowest BCUT2D eigenvalue weighted by Crippen LogP contribution is -2.38. The van der Waals surface area contributed by atoms with Crippen LogP contribution < -0.4 is 0 Å². The number of aliphatic hydroxyl groups excluding tert-OH is 2. The second-order valence-electron chi connectivity index (χ2n) is 6.31. The van der Waals surface area contributed by atoms with Crippen LogP contribution >= 0.6 is 23.0 Å². The Bertz CT molecular complexity index is 388. The maximum Gasteiger partial charge on any atom is 0.192 e. The highest BCUT2D eigenvalue weighted by molar-refractivity contribution is 14.1. The number of ether oxygens (including phenoxy) is 2. The normalized spacial score (nSPS) is 23.0. The van der Waals surface area contributed by atoms with Crippen LogP contribution in [-0.4, -0.2) is 35.0 Å². The SMILES string of the molecule is C=CC(O)OC(C)C(CCCCC)OC(O)C1CC=C(OI)CC1. The summed E-state index contributed by atoms with van der Waals surface area (Å²) < 4.78 is 16.6. The molecule has 6 heteroatoms. The van der Waals surface area contributed by atoms with Gasteiger partial charge >= 0.3 is 0 Å². The van der Waals surface area contributed by atoms with Crippen LogP contribution in [0, 0.1) is 5.92 Å². The Labute approximate surface area is 159 Å². The summed E-state index contributed by atoms with van der Waals surface area (Å²) in [6.07, 6.45) is 7.33. The molecule has 0 radical (unpaired) electrons. The van der Waals surface area contributed by atoms with Crippen molar-refractivity contribution in [2.24, 2.45) is 5.92 Å². The molecule has 5 atom stereocenters. The minimum Gasteiger partial charge on any atom is -0.433 e. The molecule has 5 unspecified atom stereocenters. The fourth-order valence-corrected chi connectivity index (χ4v) is 3.22. The Kier molecular flexibility index (Phi) is 11.2. The molecule has 1 aliphatic rings. The third kappa shape index (κ3) is 7.82. The number of rotatable bonds is 12. The zero-order valence-corrected chi connectivity index (χ0v) is 16.9. The highest BCUT2D eigenvalue weighted by Gasteiger charge is 2.29. The number of hydrogen-bond acceptors (Lipinski definition) is 5. The van der Waals surface area contributed by atoms with Crippen LogP contribution in [0.4, 0.5) is 0 Å². The molecular weight excluding hydrogens is 423 g/mol. The summed E-state index contributed by atoms with van der Waals surface area (Å²) in [7, 11) is 0. The number of halogens is 1. The molecule has 0 heterocycles. The van der Waals surface area contributed by atoms with Crippen molar-refractivity contribution in [3.63, 3.8) is 0 Å². The Hall–Kier alpha value is -0.150. The van der Waals surface area contributed by atoms with Gasteiger partial charge in [0.2, 0.25) is 0 Å². The second kappa shape index (κ2) is 12.2. The van der Waals surface area contributed by atoms with E-state index in [2.05, 4.69) is 13.5 Å². The molecule has 0 bridgehead atoms. The fraction of sp³-hybridized carbons (Fsp3) is 0.778. The van der Waals surface area contributed by atoms with Crippen molar-refractivity contribution in [3.05, 3.63) is 24.5 Å². The van der Waals surface area contributed by atoms with Crippen molar-refractivity contribution in [2.75, 3.05) is 0 Å². The van der Waals surface area contributed by atoms with Gasteiger partial charge in [0.1, 0.15) is 5.76 Å². The minimum atomic E-state index is -1.02. The van der Waals surface area contributed by atoms with Gasteiger partial charge in [-0.2, -0.15) is 0 Å². The van der Waals surface area contributed by atoms with Gasteiger partial charge in [-0.05, 0) is 38.3 Å². The minimum absolute atomic E-state index is 0.0607. The first-order chi connectivity index (χ1) is 11.5. The highest BCUT2D eigenvalue weighted by Crippen LogP contribution is 2.29. The summed E-state index contributed by atoms with van der Waals surface area (Å²) in [6, 6.07) is 0. The molecule has 0 amide bonds. The van der Waals surface area contributed by atoms with E-state index in [1.807, 2.05) is 36.0 Å². The lowest BCUT2D eigenvalue weighted by atomic mass is 9.92. The Morgan fingerprint density at radius 3 is 2.67 bits per heavy atom. The molecule has 1 aliphatic carbocycles. The number of aliphatic hydroxyl groups is 2. The molecule has 0 spiro atoms. The van der Waals surface area contributed by atoms with Crippen molar-refractivity contribution >= 4 is 23.0 Å². The first-order valence-corrected chi connectivity index (χ1v) is 9.67. The standard InChI is InChI=1S/C18H31IO5/c1-4-6-7-8-16(13(3)22-17(20)5-2)23-18(21)14-9-11-15(24-19)12-10-14/h5,11,13-14,16-18,20-21H,2,4,6-10,12H2,1,3H3. The van der Waals surface area contributed by atoms with E-state index in [9.17, 15) is 10.2 Å². The molecule has 2 N–H and O–H groups in total. The lowest BCUT2D eigenvalue weighted by Gasteiger charge is -2.32. The van der Waals surface area contributed by atoms with Crippen LogP contribution in [0.1, 0.15) is 58.8 Å². The van der Waals surface area contributed by atoms with Crippen LogP contribution in [0.15, 0.2) is 24.5 Å². The summed E-state index contributed by atoms with van der Waals surface area (Å²) in [5, 5.41) is 20.1. The van der Waals surface area contributed by atoms with Gasteiger partial charge in [0.15, 0.2) is 35.6 Å². The predicted molar refractivity (Wildman–Crippen MR) is 102 cm³/mol. The Morgan fingerprint density at radius 1 is 1.38 bits per heavy atom. The van der Waals surface area contributed by atoms with E-state index in [-0.39, 0.29) is 18.1 Å².